The highest BCUT2D eigenvalue weighted by Gasteiger charge is 2.24. The molecule has 1 heterocycles. The summed E-state index contributed by atoms with van der Waals surface area (Å²) in [6, 6.07) is 11.3. The van der Waals surface area contributed by atoms with E-state index in [-0.39, 0.29) is 17.5 Å². The van der Waals surface area contributed by atoms with Gasteiger partial charge in [0.1, 0.15) is 0 Å². The average molecular weight is 326 g/mol. The highest BCUT2D eigenvalue weighted by molar-refractivity contribution is 5.94. The van der Waals surface area contributed by atoms with Crippen molar-refractivity contribution in [3.63, 3.8) is 0 Å². The predicted octanol–water partition coefficient (Wildman–Crippen LogP) is 3.73. The molecule has 0 saturated heterocycles. The van der Waals surface area contributed by atoms with Gasteiger partial charge in [0, 0.05) is 28.2 Å². The minimum atomic E-state index is -1.01. The molecule has 4 rings (SSSR count). The Labute approximate surface area is 137 Å². The number of benzene rings is 2. The van der Waals surface area contributed by atoms with Crippen molar-refractivity contribution in [3.8, 4) is 0 Å². The van der Waals surface area contributed by atoms with Crippen LogP contribution in [0.2, 0.25) is 0 Å². The van der Waals surface area contributed by atoms with E-state index in [1.165, 1.54) is 22.7 Å². The van der Waals surface area contributed by atoms with Gasteiger partial charge in [-0.1, -0.05) is 18.2 Å². The lowest BCUT2D eigenvalue weighted by atomic mass is 9.91. The van der Waals surface area contributed by atoms with E-state index in [0.29, 0.717) is 0 Å². The zero-order valence-electron chi connectivity index (χ0n) is 12.9. The molecule has 1 unspecified atom stereocenters. The van der Waals surface area contributed by atoms with E-state index in [9.17, 15) is 13.6 Å². The number of carbonyl (C=O) groups excluding carboxylic acids is 1. The minimum absolute atomic E-state index is 0.0164. The molecule has 0 fully saturated rings. The molecular weight excluding hydrogens is 310 g/mol. The van der Waals surface area contributed by atoms with Crippen LogP contribution in [0.4, 0.5) is 8.78 Å². The van der Waals surface area contributed by atoms with Crippen molar-refractivity contribution in [1.82, 2.24) is 10.3 Å². The number of amides is 1. The summed E-state index contributed by atoms with van der Waals surface area (Å²) in [5.41, 5.74) is 3.69. The molecule has 2 aromatic carbocycles. The quantitative estimate of drug-likeness (QED) is 0.740. The van der Waals surface area contributed by atoms with E-state index in [4.69, 9.17) is 0 Å². The highest BCUT2D eigenvalue weighted by atomic mass is 19.2. The molecule has 1 amide bonds. The van der Waals surface area contributed by atoms with Crippen LogP contribution >= 0.6 is 0 Å². The highest BCUT2D eigenvalue weighted by Crippen LogP contribution is 2.29. The van der Waals surface area contributed by atoms with Gasteiger partial charge >= 0.3 is 0 Å². The van der Waals surface area contributed by atoms with Gasteiger partial charge in [-0.05, 0) is 49.1 Å². The Morgan fingerprint density at radius 2 is 1.96 bits per heavy atom. The van der Waals surface area contributed by atoms with Crippen LogP contribution in [0.3, 0.4) is 0 Å². The van der Waals surface area contributed by atoms with Crippen molar-refractivity contribution in [2.75, 3.05) is 0 Å². The summed E-state index contributed by atoms with van der Waals surface area (Å²) in [4.78, 5) is 15.7. The third kappa shape index (κ3) is 2.56. The summed E-state index contributed by atoms with van der Waals surface area (Å²) in [5.74, 6) is -2.33. The number of carbonyl (C=O) groups is 1. The molecule has 1 aliphatic carbocycles. The molecule has 1 atom stereocenters. The van der Waals surface area contributed by atoms with Crippen molar-refractivity contribution < 1.29 is 13.6 Å². The average Bonchev–Trinajstić information content (AvgIpc) is 2.95. The van der Waals surface area contributed by atoms with E-state index >= 15 is 0 Å². The number of hydrogen-bond acceptors (Lipinski definition) is 1. The Bertz CT molecular complexity index is 932. The number of nitrogens with one attached hydrogen (secondary N) is 2. The van der Waals surface area contributed by atoms with E-state index in [0.717, 1.165) is 36.9 Å². The molecule has 0 bridgehead atoms. The first kappa shape index (κ1) is 14.9. The molecule has 0 saturated carbocycles. The van der Waals surface area contributed by atoms with Crippen LogP contribution in [-0.2, 0) is 12.8 Å². The van der Waals surface area contributed by atoms with Gasteiger partial charge in [0.25, 0.3) is 5.91 Å². The van der Waals surface area contributed by atoms with Crippen LogP contribution in [0.1, 0.15) is 28.0 Å². The molecule has 0 aliphatic heterocycles. The summed E-state index contributed by atoms with van der Waals surface area (Å²) in [5, 5.41) is 4.12. The van der Waals surface area contributed by atoms with Crippen LogP contribution in [0, 0.1) is 11.6 Å². The first-order valence-corrected chi connectivity index (χ1v) is 7.96. The number of hydrogen-bond donors (Lipinski definition) is 2. The smallest absolute Gasteiger partial charge is 0.251 e. The number of para-hydroxylation sites is 1. The summed E-state index contributed by atoms with van der Waals surface area (Å²) in [6.07, 6.45) is 2.40. The lowest BCUT2D eigenvalue weighted by molar-refractivity contribution is 0.0933. The van der Waals surface area contributed by atoms with Gasteiger partial charge in [0.15, 0.2) is 11.6 Å². The Kier molecular flexibility index (Phi) is 3.56. The maximum absolute atomic E-state index is 13.3. The van der Waals surface area contributed by atoms with Gasteiger partial charge in [-0.3, -0.25) is 4.79 Å². The fourth-order valence-corrected chi connectivity index (χ4v) is 3.40. The van der Waals surface area contributed by atoms with Gasteiger partial charge < -0.3 is 10.3 Å². The molecule has 3 aromatic rings. The molecule has 0 radical (unpaired) electrons. The second-order valence-electron chi connectivity index (χ2n) is 6.17. The Morgan fingerprint density at radius 3 is 2.79 bits per heavy atom. The molecule has 3 nitrogen and oxygen atoms in total. The summed E-state index contributed by atoms with van der Waals surface area (Å²) in [7, 11) is 0. The second kappa shape index (κ2) is 5.74. The first-order valence-electron chi connectivity index (χ1n) is 7.96. The van der Waals surface area contributed by atoms with Crippen molar-refractivity contribution in [2.45, 2.75) is 25.3 Å². The lowest BCUT2D eigenvalue weighted by Crippen LogP contribution is -2.38. The van der Waals surface area contributed by atoms with Crippen LogP contribution < -0.4 is 5.32 Å². The number of halogens is 2. The number of rotatable bonds is 2. The first-order chi connectivity index (χ1) is 11.6. The molecule has 1 aliphatic rings. The van der Waals surface area contributed by atoms with Crippen LogP contribution in [0.5, 0.6) is 0 Å². The summed E-state index contributed by atoms with van der Waals surface area (Å²) < 4.78 is 26.3. The van der Waals surface area contributed by atoms with Gasteiger partial charge in [0.05, 0.1) is 0 Å². The fourth-order valence-electron chi connectivity index (χ4n) is 3.40. The van der Waals surface area contributed by atoms with E-state index < -0.39 is 11.6 Å². The van der Waals surface area contributed by atoms with Gasteiger partial charge in [-0.25, -0.2) is 8.78 Å². The van der Waals surface area contributed by atoms with E-state index in [1.807, 2.05) is 18.2 Å². The van der Waals surface area contributed by atoms with Crippen molar-refractivity contribution >= 4 is 16.8 Å². The Hall–Kier alpha value is -2.69. The van der Waals surface area contributed by atoms with E-state index in [1.54, 1.807) is 0 Å². The van der Waals surface area contributed by atoms with Crippen LogP contribution in [0.25, 0.3) is 10.9 Å². The Morgan fingerprint density at radius 1 is 1.12 bits per heavy atom. The maximum atomic E-state index is 13.3. The third-order valence-corrected chi connectivity index (χ3v) is 4.61. The van der Waals surface area contributed by atoms with Gasteiger partial charge in [0.2, 0.25) is 0 Å². The molecule has 122 valence electrons. The number of aromatic nitrogens is 1. The number of H-pyrrole nitrogens is 1. The minimum Gasteiger partial charge on any atom is -0.358 e. The maximum Gasteiger partial charge on any atom is 0.251 e. The molecule has 2 N–H and O–H groups in total. The molecule has 24 heavy (non-hydrogen) atoms. The lowest BCUT2D eigenvalue weighted by Gasteiger charge is -2.23. The molecular formula is C19H16F2N2O. The number of aryl methyl sites for hydroxylation is 1. The molecule has 0 spiro atoms. The molecule has 1 aromatic heterocycles. The fraction of sp³-hybridized carbons (Fsp3) is 0.211. The normalized spacial score (nSPS) is 16.8. The van der Waals surface area contributed by atoms with Crippen LogP contribution in [0.15, 0.2) is 42.5 Å². The van der Waals surface area contributed by atoms with E-state index in [2.05, 4.69) is 16.4 Å². The third-order valence-electron chi connectivity index (χ3n) is 4.61. The summed E-state index contributed by atoms with van der Waals surface area (Å²) in [6.45, 7) is 0. The Balaban J connectivity index is 1.54. The zero-order chi connectivity index (χ0) is 16.7. The number of aromatic amines is 1. The number of fused-ring (bicyclic) bond motifs is 3. The van der Waals surface area contributed by atoms with Crippen LogP contribution in [-0.4, -0.2) is 16.9 Å². The monoisotopic (exact) mass is 326 g/mol. The predicted molar refractivity (Wildman–Crippen MR) is 87.9 cm³/mol. The van der Waals surface area contributed by atoms with Gasteiger partial charge in [-0.2, -0.15) is 0 Å². The van der Waals surface area contributed by atoms with Crippen molar-refractivity contribution in [1.29, 1.82) is 0 Å². The zero-order valence-corrected chi connectivity index (χ0v) is 12.9. The summed E-state index contributed by atoms with van der Waals surface area (Å²) >= 11 is 0. The van der Waals surface area contributed by atoms with Gasteiger partial charge in [-0.15, -0.1) is 0 Å². The topological polar surface area (TPSA) is 44.9 Å². The second-order valence-corrected chi connectivity index (χ2v) is 6.17. The standard InChI is InChI=1S/C19H16F2N2O/c20-15-7-5-11(9-16(15)21)19(24)22-12-6-8-18-14(10-12)13-3-1-2-4-17(13)23-18/h1-5,7,9,12,23H,6,8,10H2,(H,22,24). The largest absolute Gasteiger partial charge is 0.358 e. The SMILES string of the molecule is O=C(NC1CCc2[nH]c3ccccc3c2C1)c1ccc(F)c(F)c1. The van der Waals surface area contributed by atoms with Crippen molar-refractivity contribution in [3.05, 3.63) is 70.9 Å². The van der Waals surface area contributed by atoms with Crippen molar-refractivity contribution in [2.24, 2.45) is 0 Å². The molecule has 5 heteroatoms.